The molecule has 1 saturated heterocycles. The molecule has 1 N–H and O–H groups in total. The van der Waals surface area contributed by atoms with Gasteiger partial charge in [-0.05, 0) is 0 Å². The summed E-state index contributed by atoms with van der Waals surface area (Å²) in [6.45, 7) is 0. The summed E-state index contributed by atoms with van der Waals surface area (Å²) in [6, 6.07) is 0. The molecule has 1 fully saturated rings. The fraction of sp³-hybridized carbons (Fsp3) is 0. The Morgan fingerprint density at radius 2 is 1.67 bits per heavy atom. The van der Waals surface area contributed by atoms with Crippen LogP contribution in [0.1, 0.15) is 0 Å². The van der Waals surface area contributed by atoms with Crippen LogP contribution in [0.5, 0.6) is 0 Å². The summed E-state index contributed by atoms with van der Waals surface area (Å²) in [6.07, 6.45) is 0. The van der Waals surface area contributed by atoms with Crippen LogP contribution in [0.15, 0.2) is 0 Å². The number of carbonyl (C=O) groups excluding carboxylic acids is 2. The third kappa shape index (κ3) is 2.43. The van der Waals surface area contributed by atoms with E-state index in [9.17, 15) is 18.0 Å². The normalized spacial score (nSPS) is 17.6. The van der Waals surface area contributed by atoms with Gasteiger partial charge in [0, 0.05) is 0 Å². The number of carbonyl (C=O) groups is 2. The van der Waals surface area contributed by atoms with Gasteiger partial charge in [0.1, 0.15) is 0 Å². The van der Waals surface area contributed by atoms with E-state index in [1.807, 2.05) is 0 Å². The molecule has 0 atom stereocenters. The molecule has 0 aromatic rings. The molecule has 0 unspecified atom stereocenters. The third-order valence-corrected chi connectivity index (χ3v) is 3.19. The summed E-state index contributed by atoms with van der Waals surface area (Å²) in [4.78, 5) is 20.5. The van der Waals surface area contributed by atoms with Crippen LogP contribution in [0.3, 0.4) is 0 Å². The number of hydrogen-bond acceptors (Lipinski definition) is 7. The molecule has 0 aliphatic carbocycles. The molecule has 1 aliphatic rings. The van der Waals surface area contributed by atoms with Gasteiger partial charge >= 0.3 is 37.5 Å². The standard InChI is InChI=1S/C2H2O4.Al.H2O4S/c3-1(4)2(5)6;;1-5(2,3)4/h(H,3,4)(H,5,6);;(H2,1,2,3,4)/q;+3;/p-3. The van der Waals surface area contributed by atoms with Gasteiger partial charge in [0.2, 0.25) is 0 Å². The zero-order valence-corrected chi connectivity index (χ0v) is 7.26. The Morgan fingerprint density at radius 3 is 2.00 bits per heavy atom. The lowest BCUT2D eigenvalue weighted by Crippen LogP contribution is -2.24. The summed E-state index contributed by atoms with van der Waals surface area (Å²) in [5.41, 5.74) is 0. The smallest absolute Gasteiger partial charge is 0.553 e. The molecule has 0 bridgehead atoms. The molecule has 0 radical (unpaired) electrons. The highest BCUT2D eigenvalue weighted by atomic mass is 32.3. The summed E-state index contributed by atoms with van der Waals surface area (Å²) >= 11 is -3.36. The lowest BCUT2D eigenvalue weighted by molar-refractivity contribution is -0.150. The van der Waals surface area contributed by atoms with Gasteiger partial charge in [-0.25, -0.2) is 9.59 Å². The molecule has 8 nitrogen and oxygen atoms in total. The topological polar surface area (TPSA) is 116 Å². The zero-order chi connectivity index (χ0) is 9.35. The van der Waals surface area contributed by atoms with Crippen molar-refractivity contribution in [2.75, 3.05) is 0 Å². The lowest BCUT2D eigenvalue weighted by atomic mass is 10.7. The predicted molar refractivity (Wildman–Crippen MR) is 30.6 cm³/mol. The first kappa shape index (κ1) is 9.43. The minimum absolute atomic E-state index is 1.32. The second kappa shape index (κ2) is 3.00. The highest BCUT2D eigenvalue weighted by Crippen LogP contribution is 2.06. The van der Waals surface area contributed by atoms with Crippen LogP contribution in [0.2, 0.25) is 0 Å². The molecule has 1 heterocycles. The fourth-order valence-corrected chi connectivity index (χ4v) is 2.13. The average molecular weight is 212 g/mol. The first-order chi connectivity index (χ1) is 5.38. The van der Waals surface area contributed by atoms with E-state index >= 15 is 0 Å². The average Bonchev–Trinajstić information content (AvgIpc) is 2.07. The van der Waals surface area contributed by atoms with E-state index in [1.165, 1.54) is 0 Å². The van der Waals surface area contributed by atoms with Crippen molar-refractivity contribution in [1.82, 2.24) is 0 Å². The van der Waals surface area contributed by atoms with Gasteiger partial charge in [-0.1, -0.05) is 0 Å². The molecule has 0 amide bonds. The van der Waals surface area contributed by atoms with Gasteiger partial charge in [0.05, 0.1) is 0 Å². The van der Waals surface area contributed by atoms with Crippen molar-refractivity contribution in [2.24, 2.45) is 0 Å². The van der Waals surface area contributed by atoms with Crippen LogP contribution < -0.4 is 0 Å². The predicted octanol–water partition coefficient (Wildman–Crippen LogP) is -2.11. The minimum atomic E-state index is -4.75. The molecule has 12 heavy (non-hydrogen) atoms. The van der Waals surface area contributed by atoms with E-state index in [0.717, 1.165) is 0 Å². The van der Waals surface area contributed by atoms with E-state index in [2.05, 4.69) is 10.8 Å². The van der Waals surface area contributed by atoms with Crippen molar-refractivity contribution >= 4 is 37.5 Å². The Balaban J connectivity index is 2.60. The van der Waals surface area contributed by atoms with Crippen LogP contribution in [-0.4, -0.2) is 40.1 Å². The Bertz CT molecular complexity index is 300. The van der Waals surface area contributed by atoms with Gasteiger partial charge in [0.15, 0.2) is 0 Å². The first-order valence-corrected chi connectivity index (χ1v) is 5.24. The van der Waals surface area contributed by atoms with E-state index < -0.39 is 37.5 Å². The van der Waals surface area contributed by atoms with Gasteiger partial charge in [0.25, 0.3) is 0 Å². The van der Waals surface area contributed by atoms with E-state index in [4.69, 9.17) is 4.55 Å². The van der Waals surface area contributed by atoms with Gasteiger partial charge < -0.3 is 7.58 Å². The molecule has 10 heteroatoms. The van der Waals surface area contributed by atoms with Crippen LogP contribution >= 0.6 is 0 Å². The summed E-state index contributed by atoms with van der Waals surface area (Å²) in [5.74, 6) is -2.65. The molecule has 1 aliphatic heterocycles. The molecule has 0 aromatic carbocycles. The van der Waals surface area contributed by atoms with E-state index in [-0.39, 0.29) is 0 Å². The summed E-state index contributed by atoms with van der Waals surface area (Å²) in [7, 11) is -4.75. The Morgan fingerprint density at radius 1 is 1.25 bits per heavy atom. The monoisotopic (exact) mass is 212 g/mol. The van der Waals surface area contributed by atoms with Gasteiger partial charge in [-0.2, -0.15) is 8.42 Å². The Labute approximate surface area is 71.4 Å². The van der Waals surface area contributed by atoms with Crippen LogP contribution in [0.25, 0.3) is 0 Å². The van der Waals surface area contributed by atoms with E-state index in [1.54, 1.807) is 0 Å². The first-order valence-electron chi connectivity index (χ1n) is 2.46. The van der Waals surface area contributed by atoms with Crippen LogP contribution in [0, 0.1) is 0 Å². The van der Waals surface area contributed by atoms with Crippen LogP contribution in [0.4, 0.5) is 0 Å². The highest BCUT2D eigenvalue weighted by Gasteiger charge is 2.55. The van der Waals surface area contributed by atoms with Gasteiger partial charge in [-0.15, -0.1) is 0 Å². The van der Waals surface area contributed by atoms with Crippen molar-refractivity contribution in [3.63, 3.8) is 0 Å². The quantitative estimate of drug-likeness (QED) is 0.314. The maximum atomic E-state index is 10.3. The third-order valence-electron chi connectivity index (χ3n) is 0.773. The van der Waals surface area contributed by atoms with Crippen molar-refractivity contribution in [1.29, 1.82) is 0 Å². The minimum Gasteiger partial charge on any atom is -0.553 e. The van der Waals surface area contributed by atoms with E-state index in [0.29, 0.717) is 0 Å². The Kier molecular flexibility index (Phi) is 2.36. The van der Waals surface area contributed by atoms with Crippen molar-refractivity contribution < 1.29 is 33.4 Å². The molecular weight excluding hydrogens is 211 g/mol. The van der Waals surface area contributed by atoms with Crippen molar-refractivity contribution in [2.45, 2.75) is 0 Å². The molecule has 0 saturated carbocycles. The maximum Gasteiger partial charge on any atom is 1.12 e. The lowest BCUT2D eigenvalue weighted by Gasteiger charge is -1.96. The van der Waals surface area contributed by atoms with Crippen LogP contribution in [-0.2, 0) is 30.8 Å². The number of rotatable bonds is 2. The SMILES string of the molecule is O=C1[O][Al]([O]S(=O)(=O)O)[O]C1=O. The fourth-order valence-electron chi connectivity index (χ4n) is 0.434. The zero-order valence-electron chi connectivity index (χ0n) is 5.29. The van der Waals surface area contributed by atoms with Crippen molar-refractivity contribution in [3.8, 4) is 0 Å². The molecule has 66 valence electrons. The number of hydrogen-bond donors (Lipinski definition) is 1. The molecule has 0 aromatic heterocycles. The Hall–Kier alpha value is -0.658. The molecule has 0 spiro atoms. The maximum absolute atomic E-state index is 10.3. The second-order valence-corrected chi connectivity index (χ2v) is 4.30. The summed E-state index contributed by atoms with van der Waals surface area (Å²) < 4.78 is 39.8. The summed E-state index contributed by atoms with van der Waals surface area (Å²) in [5, 5.41) is 0. The van der Waals surface area contributed by atoms with Gasteiger partial charge in [-0.3, -0.25) is 7.79 Å². The largest absolute Gasteiger partial charge is 1.12 e. The molecule has 1 rings (SSSR count). The molecular formula is C2HAlO8S. The van der Waals surface area contributed by atoms with Crippen molar-refractivity contribution in [3.05, 3.63) is 0 Å². The highest BCUT2D eigenvalue weighted by molar-refractivity contribution is 7.81. The second-order valence-electron chi connectivity index (χ2n) is 1.62.